The predicted octanol–water partition coefficient (Wildman–Crippen LogP) is 6.64. The second kappa shape index (κ2) is 7.31. The number of halogens is 2. The molecule has 2 nitrogen and oxygen atoms in total. The minimum absolute atomic E-state index is 0.572. The molecular weight excluding hydrogens is 428 g/mol. The fourth-order valence-corrected chi connectivity index (χ4v) is 3.63. The molecular formula is C17H12Br2O2S. The Kier molecular flexibility index (Phi) is 5.18. The van der Waals surface area contributed by atoms with Crippen molar-refractivity contribution in [3.8, 4) is 17.2 Å². The molecule has 0 atom stereocenters. The number of hydrogen-bond acceptors (Lipinski definition) is 3. The lowest BCUT2D eigenvalue weighted by Crippen LogP contribution is -1.92. The first kappa shape index (κ1) is 15.6. The highest BCUT2D eigenvalue weighted by molar-refractivity contribution is 9.11. The van der Waals surface area contributed by atoms with E-state index in [9.17, 15) is 0 Å². The molecule has 0 aliphatic heterocycles. The van der Waals surface area contributed by atoms with Crippen molar-refractivity contribution in [2.24, 2.45) is 0 Å². The third kappa shape index (κ3) is 4.35. The molecule has 3 aromatic rings. The van der Waals surface area contributed by atoms with E-state index < -0.39 is 0 Å². The summed E-state index contributed by atoms with van der Waals surface area (Å²) in [6.07, 6.45) is 0. The predicted molar refractivity (Wildman–Crippen MR) is 97.0 cm³/mol. The molecule has 112 valence electrons. The minimum atomic E-state index is 0.572. The molecule has 0 N–H and O–H groups in total. The van der Waals surface area contributed by atoms with Crippen LogP contribution in [0.4, 0.5) is 0 Å². The first-order valence-corrected chi connectivity index (χ1v) is 9.00. The van der Waals surface area contributed by atoms with E-state index >= 15 is 0 Å². The van der Waals surface area contributed by atoms with Gasteiger partial charge in [0.1, 0.15) is 23.9 Å². The van der Waals surface area contributed by atoms with Crippen LogP contribution in [-0.2, 0) is 6.61 Å². The summed E-state index contributed by atoms with van der Waals surface area (Å²) in [6, 6.07) is 19.5. The number of hydrogen-bond donors (Lipinski definition) is 0. The van der Waals surface area contributed by atoms with Gasteiger partial charge in [-0.1, -0.05) is 22.0 Å². The Morgan fingerprint density at radius 2 is 1.59 bits per heavy atom. The van der Waals surface area contributed by atoms with Gasteiger partial charge in [-0.15, -0.1) is 11.3 Å². The Morgan fingerprint density at radius 1 is 0.818 bits per heavy atom. The third-order valence-corrected chi connectivity index (χ3v) is 4.96. The second-order valence-electron chi connectivity index (χ2n) is 4.53. The zero-order valence-corrected chi connectivity index (χ0v) is 15.4. The fraction of sp³-hybridized carbons (Fsp3) is 0.0588. The van der Waals surface area contributed by atoms with Gasteiger partial charge in [-0.25, -0.2) is 0 Å². The van der Waals surface area contributed by atoms with E-state index in [-0.39, 0.29) is 0 Å². The van der Waals surface area contributed by atoms with Gasteiger partial charge in [-0.05, 0) is 70.5 Å². The van der Waals surface area contributed by atoms with Crippen LogP contribution >= 0.6 is 43.2 Å². The summed E-state index contributed by atoms with van der Waals surface area (Å²) < 4.78 is 13.7. The standard InChI is InChI=1S/C17H12Br2O2S/c18-12-2-1-3-15(10-12)21-14-6-4-13(5-7-14)20-11-16-8-9-17(19)22-16/h1-10H,11H2. The van der Waals surface area contributed by atoms with Crippen LogP contribution in [0.3, 0.4) is 0 Å². The zero-order valence-electron chi connectivity index (χ0n) is 11.5. The van der Waals surface area contributed by atoms with E-state index in [1.807, 2.05) is 54.6 Å². The Balaban J connectivity index is 1.60. The number of benzene rings is 2. The molecule has 0 saturated heterocycles. The van der Waals surface area contributed by atoms with Gasteiger partial charge in [-0.3, -0.25) is 0 Å². The van der Waals surface area contributed by atoms with Crippen LogP contribution in [0.15, 0.2) is 68.9 Å². The average molecular weight is 440 g/mol. The zero-order chi connectivity index (χ0) is 15.4. The lowest BCUT2D eigenvalue weighted by Gasteiger charge is -2.08. The molecule has 0 unspecified atom stereocenters. The van der Waals surface area contributed by atoms with Crippen molar-refractivity contribution < 1.29 is 9.47 Å². The van der Waals surface area contributed by atoms with Crippen LogP contribution in [0, 0.1) is 0 Å². The Morgan fingerprint density at radius 3 is 2.27 bits per heavy atom. The van der Waals surface area contributed by atoms with Crippen molar-refractivity contribution in [2.45, 2.75) is 6.61 Å². The normalized spacial score (nSPS) is 10.5. The maximum atomic E-state index is 5.79. The van der Waals surface area contributed by atoms with Gasteiger partial charge in [0, 0.05) is 9.35 Å². The van der Waals surface area contributed by atoms with Gasteiger partial charge >= 0.3 is 0 Å². The molecule has 2 aromatic carbocycles. The van der Waals surface area contributed by atoms with Crippen molar-refractivity contribution in [3.63, 3.8) is 0 Å². The maximum absolute atomic E-state index is 5.79. The molecule has 0 saturated carbocycles. The average Bonchev–Trinajstić information content (AvgIpc) is 2.92. The topological polar surface area (TPSA) is 18.5 Å². The molecule has 1 heterocycles. The summed E-state index contributed by atoms with van der Waals surface area (Å²) in [7, 11) is 0. The van der Waals surface area contributed by atoms with Crippen molar-refractivity contribution >= 4 is 43.2 Å². The largest absolute Gasteiger partial charge is 0.488 e. The first-order valence-electron chi connectivity index (χ1n) is 6.59. The molecule has 5 heteroatoms. The molecule has 0 amide bonds. The molecule has 0 aliphatic rings. The highest BCUT2D eigenvalue weighted by Crippen LogP contribution is 2.27. The summed E-state index contributed by atoms with van der Waals surface area (Å²) in [5.41, 5.74) is 0. The van der Waals surface area contributed by atoms with Gasteiger partial charge in [-0.2, -0.15) is 0 Å². The third-order valence-electron chi connectivity index (χ3n) is 2.87. The summed E-state index contributed by atoms with van der Waals surface area (Å²) in [6.45, 7) is 0.572. The lowest BCUT2D eigenvalue weighted by molar-refractivity contribution is 0.309. The Bertz CT molecular complexity index is 753. The second-order valence-corrected chi connectivity index (χ2v) is 7.99. The van der Waals surface area contributed by atoms with Gasteiger partial charge in [0.2, 0.25) is 0 Å². The van der Waals surface area contributed by atoms with Gasteiger partial charge in [0.15, 0.2) is 0 Å². The van der Waals surface area contributed by atoms with Crippen molar-refractivity contribution in [2.75, 3.05) is 0 Å². The molecule has 0 aliphatic carbocycles. The van der Waals surface area contributed by atoms with Crippen LogP contribution in [-0.4, -0.2) is 0 Å². The van der Waals surface area contributed by atoms with Gasteiger partial charge < -0.3 is 9.47 Å². The first-order chi connectivity index (χ1) is 10.7. The number of thiophene rings is 1. The monoisotopic (exact) mass is 438 g/mol. The van der Waals surface area contributed by atoms with E-state index in [0.717, 1.165) is 25.5 Å². The van der Waals surface area contributed by atoms with Crippen LogP contribution < -0.4 is 9.47 Å². The van der Waals surface area contributed by atoms with E-state index in [0.29, 0.717) is 6.61 Å². The highest BCUT2D eigenvalue weighted by Gasteiger charge is 2.01. The lowest BCUT2D eigenvalue weighted by atomic mass is 10.3. The van der Waals surface area contributed by atoms with E-state index in [4.69, 9.17) is 9.47 Å². The summed E-state index contributed by atoms with van der Waals surface area (Å²) in [4.78, 5) is 1.18. The maximum Gasteiger partial charge on any atom is 0.128 e. The highest BCUT2D eigenvalue weighted by atomic mass is 79.9. The molecule has 22 heavy (non-hydrogen) atoms. The van der Waals surface area contributed by atoms with Crippen molar-refractivity contribution in [1.82, 2.24) is 0 Å². The van der Waals surface area contributed by atoms with Crippen molar-refractivity contribution in [1.29, 1.82) is 0 Å². The molecule has 0 fully saturated rings. The smallest absolute Gasteiger partial charge is 0.128 e. The van der Waals surface area contributed by atoms with Crippen LogP contribution in [0.1, 0.15) is 4.88 Å². The van der Waals surface area contributed by atoms with Gasteiger partial charge in [0.25, 0.3) is 0 Å². The minimum Gasteiger partial charge on any atom is -0.488 e. The van der Waals surface area contributed by atoms with E-state index in [2.05, 4.69) is 37.9 Å². The van der Waals surface area contributed by atoms with E-state index in [1.165, 1.54) is 4.88 Å². The molecule has 0 radical (unpaired) electrons. The summed E-state index contributed by atoms with van der Waals surface area (Å²) in [5.74, 6) is 2.40. The number of rotatable bonds is 5. The SMILES string of the molecule is Brc1cccc(Oc2ccc(OCc3ccc(Br)s3)cc2)c1. The van der Waals surface area contributed by atoms with Crippen LogP contribution in [0.25, 0.3) is 0 Å². The molecule has 3 rings (SSSR count). The molecule has 0 bridgehead atoms. The Hall–Kier alpha value is -1.30. The van der Waals surface area contributed by atoms with Crippen molar-refractivity contribution in [3.05, 3.63) is 73.8 Å². The van der Waals surface area contributed by atoms with Crippen LogP contribution in [0.2, 0.25) is 0 Å². The van der Waals surface area contributed by atoms with Gasteiger partial charge in [0.05, 0.1) is 3.79 Å². The fourth-order valence-electron chi connectivity index (χ4n) is 1.85. The quantitative estimate of drug-likeness (QED) is 0.443. The van der Waals surface area contributed by atoms with E-state index in [1.54, 1.807) is 11.3 Å². The van der Waals surface area contributed by atoms with Crippen LogP contribution in [0.5, 0.6) is 17.2 Å². The Labute approximate surface area is 150 Å². The number of ether oxygens (including phenoxy) is 2. The molecule has 0 spiro atoms. The molecule has 1 aromatic heterocycles. The summed E-state index contributed by atoms with van der Waals surface area (Å²) in [5, 5.41) is 0. The summed E-state index contributed by atoms with van der Waals surface area (Å²) >= 11 is 8.55.